The molecule has 1 amide bonds. The van der Waals surface area contributed by atoms with Gasteiger partial charge in [0, 0.05) is 29.6 Å². The van der Waals surface area contributed by atoms with Crippen molar-refractivity contribution in [2.75, 3.05) is 19.7 Å². The van der Waals surface area contributed by atoms with Gasteiger partial charge in [0.2, 0.25) is 5.91 Å². The average molecular weight is 405 g/mol. The second kappa shape index (κ2) is 9.89. The van der Waals surface area contributed by atoms with Crippen molar-refractivity contribution in [2.24, 2.45) is 5.92 Å². The van der Waals surface area contributed by atoms with E-state index in [1.165, 1.54) is 6.07 Å². The van der Waals surface area contributed by atoms with Crippen molar-refractivity contribution < 1.29 is 13.9 Å². The SMILES string of the molecule is CCOc1ccc(CNC(=O)C2CCN(Cc3ccc(Cl)cc3F)CC2)cc1. The largest absolute Gasteiger partial charge is 0.494 e. The van der Waals surface area contributed by atoms with E-state index in [4.69, 9.17) is 16.3 Å². The molecule has 4 nitrogen and oxygen atoms in total. The van der Waals surface area contributed by atoms with Crippen LogP contribution in [0.3, 0.4) is 0 Å². The van der Waals surface area contributed by atoms with Crippen LogP contribution in [0.4, 0.5) is 4.39 Å². The van der Waals surface area contributed by atoms with Crippen molar-refractivity contribution in [3.05, 3.63) is 64.4 Å². The molecule has 0 spiro atoms. The van der Waals surface area contributed by atoms with Crippen LogP contribution >= 0.6 is 11.6 Å². The molecule has 0 unspecified atom stereocenters. The number of benzene rings is 2. The summed E-state index contributed by atoms with van der Waals surface area (Å²) in [5, 5.41) is 3.43. The van der Waals surface area contributed by atoms with Crippen LogP contribution in [0.15, 0.2) is 42.5 Å². The van der Waals surface area contributed by atoms with Crippen LogP contribution in [0, 0.1) is 11.7 Å². The zero-order chi connectivity index (χ0) is 19.9. The van der Waals surface area contributed by atoms with E-state index in [1.807, 2.05) is 31.2 Å². The monoisotopic (exact) mass is 404 g/mol. The number of carbonyl (C=O) groups is 1. The third-order valence-electron chi connectivity index (χ3n) is 5.07. The lowest BCUT2D eigenvalue weighted by Gasteiger charge is -2.31. The van der Waals surface area contributed by atoms with E-state index in [1.54, 1.807) is 12.1 Å². The minimum atomic E-state index is -0.275. The van der Waals surface area contributed by atoms with Gasteiger partial charge in [0.25, 0.3) is 0 Å². The summed E-state index contributed by atoms with van der Waals surface area (Å²) in [7, 11) is 0. The number of hydrogen-bond acceptors (Lipinski definition) is 3. The fraction of sp³-hybridized carbons (Fsp3) is 0.409. The van der Waals surface area contributed by atoms with Crippen molar-refractivity contribution in [2.45, 2.75) is 32.9 Å². The summed E-state index contributed by atoms with van der Waals surface area (Å²) in [6, 6.07) is 12.5. The van der Waals surface area contributed by atoms with E-state index in [-0.39, 0.29) is 17.6 Å². The Balaban J connectivity index is 1.43. The van der Waals surface area contributed by atoms with Crippen molar-refractivity contribution >= 4 is 17.5 Å². The molecular formula is C22H26ClFN2O2. The molecule has 150 valence electrons. The summed E-state index contributed by atoms with van der Waals surface area (Å²) in [5.41, 5.74) is 1.69. The predicted octanol–water partition coefficient (Wildman–Crippen LogP) is 4.41. The number of halogens is 2. The van der Waals surface area contributed by atoms with E-state index in [2.05, 4.69) is 10.2 Å². The van der Waals surface area contributed by atoms with Crippen LogP contribution in [0.5, 0.6) is 5.75 Å². The number of likely N-dealkylation sites (tertiary alicyclic amines) is 1. The van der Waals surface area contributed by atoms with Crippen LogP contribution in [-0.4, -0.2) is 30.5 Å². The Labute approximate surface area is 170 Å². The standard InChI is InChI=1S/C22H26ClFN2O2/c1-2-28-20-7-3-16(4-8-20)14-25-22(27)17-9-11-26(12-10-17)15-18-5-6-19(23)13-21(18)24/h3-8,13,17H,2,9-12,14-15H2,1H3,(H,25,27). The van der Waals surface area contributed by atoms with Crippen molar-refractivity contribution in [3.8, 4) is 5.75 Å². The van der Waals surface area contributed by atoms with Gasteiger partial charge in [-0.25, -0.2) is 4.39 Å². The second-order valence-electron chi connectivity index (χ2n) is 7.08. The van der Waals surface area contributed by atoms with Crippen LogP contribution in [0.2, 0.25) is 5.02 Å². The first-order valence-electron chi connectivity index (χ1n) is 9.71. The Morgan fingerprint density at radius 1 is 1.21 bits per heavy atom. The minimum Gasteiger partial charge on any atom is -0.494 e. The maximum absolute atomic E-state index is 14.0. The third kappa shape index (κ3) is 5.69. The number of nitrogens with zero attached hydrogens (tertiary/aromatic N) is 1. The number of nitrogens with one attached hydrogen (secondary N) is 1. The first-order chi connectivity index (χ1) is 13.5. The summed E-state index contributed by atoms with van der Waals surface area (Å²) in [4.78, 5) is 14.7. The van der Waals surface area contributed by atoms with E-state index in [0.29, 0.717) is 30.3 Å². The van der Waals surface area contributed by atoms with E-state index in [9.17, 15) is 9.18 Å². The van der Waals surface area contributed by atoms with Gasteiger partial charge in [0.1, 0.15) is 11.6 Å². The lowest BCUT2D eigenvalue weighted by Crippen LogP contribution is -2.40. The fourth-order valence-corrected chi connectivity index (χ4v) is 3.61. The highest BCUT2D eigenvalue weighted by Crippen LogP contribution is 2.22. The maximum atomic E-state index is 14.0. The molecule has 3 rings (SSSR count). The summed E-state index contributed by atoms with van der Waals surface area (Å²) >= 11 is 5.81. The molecule has 0 aliphatic carbocycles. The van der Waals surface area contributed by atoms with E-state index >= 15 is 0 Å². The molecule has 0 radical (unpaired) electrons. The van der Waals surface area contributed by atoms with Gasteiger partial charge in [0.15, 0.2) is 0 Å². The summed E-state index contributed by atoms with van der Waals surface area (Å²) in [6.45, 7) is 5.21. The number of ether oxygens (including phenoxy) is 1. The van der Waals surface area contributed by atoms with Gasteiger partial charge in [-0.05, 0) is 62.7 Å². The minimum absolute atomic E-state index is 0.00835. The molecule has 1 fully saturated rings. The average Bonchev–Trinajstić information content (AvgIpc) is 2.70. The Kier molecular flexibility index (Phi) is 7.29. The predicted molar refractivity (Wildman–Crippen MR) is 109 cm³/mol. The molecule has 1 saturated heterocycles. The van der Waals surface area contributed by atoms with Gasteiger partial charge in [-0.1, -0.05) is 29.8 Å². The third-order valence-corrected chi connectivity index (χ3v) is 5.30. The van der Waals surface area contributed by atoms with Crippen LogP contribution in [-0.2, 0) is 17.9 Å². The van der Waals surface area contributed by atoms with Gasteiger partial charge in [0.05, 0.1) is 6.61 Å². The molecule has 1 heterocycles. The quantitative estimate of drug-likeness (QED) is 0.743. The molecular weight excluding hydrogens is 379 g/mol. The highest BCUT2D eigenvalue weighted by atomic mass is 35.5. The molecule has 1 aliphatic heterocycles. The molecule has 0 atom stereocenters. The Bertz CT molecular complexity index is 790. The lowest BCUT2D eigenvalue weighted by atomic mass is 9.95. The van der Waals surface area contributed by atoms with Gasteiger partial charge in [-0.3, -0.25) is 9.69 Å². The van der Waals surface area contributed by atoms with Crippen molar-refractivity contribution in [1.82, 2.24) is 10.2 Å². The van der Waals surface area contributed by atoms with E-state index in [0.717, 1.165) is 37.2 Å². The number of amides is 1. The number of carbonyl (C=O) groups excluding carboxylic acids is 1. The number of piperidine rings is 1. The Morgan fingerprint density at radius 2 is 1.93 bits per heavy atom. The number of hydrogen-bond donors (Lipinski definition) is 1. The molecule has 0 bridgehead atoms. The van der Waals surface area contributed by atoms with Gasteiger partial charge in [-0.2, -0.15) is 0 Å². The van der Waals surface area contributed by atoms with E-state index < -0.39 is 0 Å². The van der Waals surface area contributed by atoms with Crippen LogP contribution in [0.25, 0.3) is 0 Å². The highest BCUT2D eigenvalue weighted by molar-refractivity contribution is 6.30. The van der Waals surface area contributed by atoms with Crippen LogP contribution < -0.4 is 10.1 Å². The van der Waals surface area contributed by atoms with Gasteiger partial charge in [-0.15, -0.1) is 0 Å². The van der Waals surface area contributed by atoms with Gasteiger partial charge < -0.3 is 10.1 Å². The highest BCUT2D eigenvalue weighted by Gasteiger charge is 2.25. The second-order valence-corrected chi connectivity index (χ2v) is 7.52. The maximum Gasteiger partial charge on any atom is 0.223 e. The van der Waals surface area contributed by atoms with Crippen LogP contribution in [0.1, 0.15) is 30.9 Å². The lowest BCUT2D eigenvalue weighted by molar-refractivity contribution is -0.126. The number of rotatable bonds is 7. The van der Waals surface area contributed by atoms with Gasteiger partial charge >= 0.3 is 0 Å². The topological polar surface area (TPSA) is 41.6 Å². The molecule has 2 aromatic carbocycles. The first kappa shape index (κ1) is 20.6. The van der Waals surface area contributed by atoms with Crippen molar-refractivity contribution in [3.63, 3.8) is 0 Å². The Hall–Kier alpha value is -2.11. The fourth-order valence-electron chi connectivity index (χ4n) is 3.45. The zero-order valence-corrected chi connectivity index (χ0v) is 16.8. The molecule has 1 aliphatic rings. The van der Waals surface area contributed by atoms with Crippen molar-refractivity contribution in [1.29, 1.82) is 0 Å². The first-order valence-corrected chi connectivity index (χ1v) is 10.1. The molecule has 0 saturated carbocycles. The summed E-state index contributed by atoms with van der Waals surface area (Å²) in [5.74, 6) is 0.657. The summed E-state index contributed by atoms with van der Waals surface area (Å²) in [6.07, 6.45) is 1.56. The normalized spacial score (nSPS) is 15.4. The smallest absolute Gasteiger partial charge is 0.223 e. The molecule has 0 aromatic heterocycles. The molecule has 28 heavy (non-hydrogen) atoms. The zero-order valence-electron chi connectivity index (χ0n) is 16.1. The molecule has 6 heteroatoms. The molecule has 1 N–H and O–H groups in total. The Morgan fingerprint density at radius 3 is 2.57 bits per heavy atom. The molecule has 2 aromatic rings. The summed E-state index contributed by atoms with van der Waals surface area (Å²) < 4.78 is 19.4.